The maximum absolute atomic E-state index is 14.1. The van der Waals surface area contributed by atoms with Gasteiger partial charge in [-0.25, -0.2) is 9.18 Å². The monoisotopic (exact) mass is 557 g/mol. The minimum absolute atomic E-state index is 0.00431. The van der Waals surface area contributed by atoms with E-state index in [4.69, 9.17) is 19.0 Å². The van der Waals surface area contributed by atoms with Crippen LogP contribution >= 0.6 is 0 Å². The highest BCUT2D eigenvalue weighted by atomic mass is 19.1. The highest BCUT2D eigenvalue weighted by Gasteiger charge is 2.33. The lowest BCUT2D eigenvalue weighted by molar-refractivity contribution is -0.184. The summed E-state index contributed by atoms with van der Waals surface area (Å²) in [7, 11) is 7.59. The van der Waals surface area contributed by atoms with E-state index in [9.17, 15) is 23.6 Å². The summed E-state index contributed by atoms with van der Waals surface area (Å²) in [5.41, 5.74) is -0.504. The van der Waals surface area contributed by atoms with Crippen LogP contribution in [-0.2, 0) is 33.4 Å². The van der Waals surface area contributed by atoms with Crippen LogP contribution in [0.1, 0.15) is 51.9 Å². The number of carbonyl (C=O) groups is 5. The first kappa shape index (κ1) is 37.8. The zero-order chi connectivity index (χ0) is 30.9. The van der Waals surface area contributed by atoms with Crippen LogP contribution in [-0.4, -0.2) is 107 Å². The maximum Gasteiger partial charge on any atom is 0.350 e. The third-order valence-corrected chi connectivity index (χ3v) is 4.48. The van der Waals surface area contributed by atoms with Gasteiger partial charge < -0.3 is 33.7 Å². The van der Waals surface area contributed by atoms with Crippen molar-refractivity contribution in [2.24, 2.45) is 0 Å². The van der Waals surface area contributed by atoms with E-state index < -0.39 is 35.6 Å². The molecular weight excluding hydrogens is 513 g/mol. The molecule has 0 aliphatic carbocycles. The number of rotatable bonds is 11. The van der Waals surface area contributed by atoms with Gasteiger partial charge in [-0.15, -0.1) is 0 Å². The number of hydrogen-bond acceptors (Lipinski definition) is 9. The number of benzene rings is 1. The van der Waals surface area contributed by atoms with Gasteiger partial charge in [0.15, 0.2) is 0 Å². The van der Waals surface area contributed by atoms with Gasteiger partial charge >= 0.3 is 11.9 Å². The Kier molecular flexibility index (Phi) is 18.2. The smallest absolute Gasteiger partial charge is 0.350 e. The van der Waals surface area contributed by atoms with Crippen molar-refractivity contribution in [1.82, 2.24) is 9.80 Å². The third-order valence-electron chi connectivity index (χ3n) is 4.48. The molecule has 0 heterocycles. The fourth-order valence-electron chi connectivity index (χ4n) is 2.77. The van der Waals surface area contributed by atoms with Crippen LogP contribution < -0.4 is 4.90 Å². The van der Waals surface area contributed by atoms with Crippen molar-refractivity contribution in [3.63, 3.8) is 0 Å². The third kappa shape index (κ3) is 16.2. The molecule has 0 aliphatic rings. The molecule has 11 nitrogen and oxygen atoms in total. The number of nitrogens with zero attached hydrogens (tertiary/aromatic N) is 3. The van der Waals surface area contributed by atoms with E-state index in [1.807, 2.05) is 32.8 Å². The highest BCUT2D eigenvalue weighted by molar-refractivity contribution is 5.95. The van der Waals surface area contributed by atoms with E-state index in [0.717, 1.165) is 19.1 Å². The van der Waals surface area contributed by atoms with Gasteiger partial charge in [0.1, 0.15) is 24.3 Å². The van der Waals surface area contributed by atoms with Gasteiger partial charge in [0, 0.05) is 38.3 Å². The van der Waals surface area contributed by atoms with Gasteiger partial charge in [0.2, 0.25) is 12.5 Å². The van der Waals surface area contributed by atoms with Crippen molar-refractivity contribution in [1.29, 1.82) is 0 Å². The lowest BCUT2D eigenvalue weighted by Crippen LogP contribution is -2.43. The molecule has 0 bridgehead atoms. The molecule has 1 aromatic carbocycles. The van der Waals surface area contributed by atoms with E-state index in [0.29, 0.717) is 13.0 Å². The average Bonchev–Trinajstić information content (AvgIpc) is 2.83. The number of amides is 2. The number of ether oxygens (including phenoxy) is 3. The van der Waals surface area contributed by atoms with Crippen molar-refractivity contribution in [3.05, 3.63) is 29.6 Å². The Bertz CT molecular complexity index is 918. The fraction of sp³-hybridized carbons (Fsp3) is 0.593. The van der Waals surface area contributed by atoms with Crippen molar-refractivity contribution in [3.8, 4) is 0 Å². The molecule has 0 saturated heterocycles. The molecule has 0 radical (unpaired) electrons. The molecule has 2 amide bonds. The Morgan fingerprint density at radius 2 is 1.62 bits per heavy atom. The zero-order valence-corrected chi connectivity index (χ0v) is 24.8. The second-order valence-electron chi connectivity index (χ2n) is 9.80. The van der Waals surface area contributed by atoms with Crippen LogP contribution in [0.15, 0.2) is 18.2 Å². The van der Waals surface area contributed by atoms with Gasteiger partial charge in [-0.3, -0.25) is 14.4 Å². The SMILES string of the molecule is C=O.CCN(C)C(=O)c1cc(F)cc(N(C=O)CCO[C@@H](C)[C@@H](OC(C)=O)C(=O)OC(C)(C)C)c1.CN(C)C. The predicted octanol–water partition coefficient (Wildman–Crippen LogP) is 2.55. The molecule has 0 N–H and O–H groups in total. The summed E-state index contributed by atoms with van der Waals surface area (Å²) in [6.07, 6.45) is -1.69. The van der Waals surface area contributed by atoms with Gasteiger partial charge in [-0.2, -0.15) is 0 Å². The number of anilines is 1. The Morgan fingerprint density at radius 3 is 2.05 bits per heavy atom. The largest absolute Gasteiger partial charge is 0.457 e. The summed E-state index contributed by atoms with van der Waals surface area (Å²) >= 11 is 0. The first-order valence-electron chi connectivity index (χ1n) is 12.2. The Balaban J connectivity index is 0. The van der Waals surface area contributed by atoms with Gasteiger partial charge in [-0.05, 0) is 74.0 Å². The number of hydrogen-bond donors (Lipinski definition) is 0. The van der Waals surface area contributed by atoms with Crippen LogP contribution in [0.3, 0.4) is 0 Å². The van der Waals surface area contributed by atoms with Crippen LogP contribution in [0.25, 0.3) is 0 Å². The molecule has 0 fully saturated rings. The van der Waals surface area contributed by atoms with Crippen LogP contribution in [0.2, 0.25) is 0 Å². The molecule has 1 aromatic rings. The highest BCUT2D eigenvalue weighted by Crippen LogP contribution is 2.19. The minimum Gasteiger partial charge on any atom is -0.457 e. The Morgan fingerprint density at radius 1 is 1.08 bits per heavy atom. The summed E-state index contributed by atoms with van der Waals surface area (Å²) in [5, 5.41) is 0. The average molecular weight is 558 g/mol. The molecule has 0 aliphatic heterocycles. The quantitative estimate of drug-likeness (QED) is 0.298. The molecule has 0 aromatic heterocycles. The van der Waals surface area contributed by atoms with Gasteiger partial charge in [0.25, 0.3) is 5.91 Å². The van der Waals surface area contributed by atoms with E-state index in [1.165, 1.54) is 22.8 Å². The Hall–Kier alpha value is -3.38. The predicted molar refractivity (Wildman–Crippen MR) is 146 cm³/mol. The van der Waals surface area contributed by atoms with Crippen LogP contribution in [0.4, 0.5) is 10.1 Å². The van der Waals surface area contributed by atoms with Crippen molar-refractivity contribution in [2.45, 2.75) is 59.4 Å². The summed E-state index contributed by atoms with van der Waals surface area (Å²) in [4.78, 5) is 60.4. The molecule has 222 valence electrons. The Labute approximate surface area is 231 Å². The molecule has 2 atom stereocenters. The van der Waals surface area contributed by atoms with Crippen LogP contribution in [0, 0.1) is 5.82 Å². The van der Waals surface area contributed by atoms with E-state index in [-0.39, 0.29) is 30.3 Å². The summed E-state index contributed by atoms with van der Waals surface area (Å²) in [5.74, 6) is -2.48. The van der Waals surface area contributed by atoms with Gasteiger partial charge in [-0.1, -0.05) is 0 Å². The lowest BCUT2D eigenvalue weighted by Gasteiger charge is -2.27. The number of esters is 2. The normalized spacial score (nSPS) is 12.0. The lowest BCUT2D eigenvalue weighted by atomic mass is 10.1. The maximum atomic E-state index is 14.1. The van der Waals surface area contributed by atoms with Crippen molar-refractivity contribution in [2.75, 3.05) is 52.8 Å². The molecule has 12 heteroatoms. The minimum atomic E-state index is -1.30. The summed E-state index contributed by atoms with van der Waals surface area (Å²) in [6, 6.07) is 3.64. The number of halogens is 1. The first-order chi connectivity index (χ1) is 18.0. The molecule has 39 heavy (non-hydrogen) atoms. The first-order valence-corrected chi connectivity index (χ1v) is 12.2. The standard InChI is InChI=1S/C23H33FN2O7.C3H9N.CH2O/c1-8-25(7)21(29)17-11-18(24)13-19(12-17)26(14-27)9-10-31-15(2)20(32-16(3)28)22(30)33-23(4,5)6;1-4(2)3;1-2/h11-15,20H,8-10H2,1-7H3;1-3H3;1H2/t15-,20+;;/m0../s1. The second kappa shape index (κ2) is 18.8. The summed E-state index contributed by atoms with van der Waals surface area (Å²) in [6.45, 7) is 11.9. The molecule has 0 unspecified atom stereocenters. The van der Waals surface area contributed by atoms with E-state index in [2.05, 4.69) is 0 Å². The van der Waals surface area contributed by atoms with E-state index >= 15 is 0 Å². The van der Waals surface area contributed by atoms with Crippen molar-refractivity contribution >= 4 is 36.7 Å². The van der Waals surface area contributed by atoms with Crippen molar-refractivity contribution < 1.29 is 42.6 Å². The van der Waals surface area contributed by atoms with E-state index in [1.54, 1.807) is 34.7 Å². The fourth-order valence-corrected chi connectivity index (χ4v) is 2.77. The van der Waals surface area contributed by atoms with Crippen LogP contribution in [0.5, 0.6) is 0 Å². The molecule has 0 spiro atoms. The molecular formula is C27H44FN3O8. The summed E-state index contributed by atoms with van der Waals surface area (Å²) < 4.78 is 30.1. The topological polar surface area (TPSA) is 123 Å². The second-order valence-corrected chi connectivity index (χ2v) is 9.80. The zero-order valence-electron chi connectivity index (χ0n) is 24.8. The molecule has 0 saturated carbocycles. The number of carbonyl (C=O) groups excluding carboxylic acids is 5. The van der Waals surface area contributed by atoms with Gasteiger partial charge in [0.05, 0.1) is 6.61 Å². The molecule has 1 rings (SSSR count).